The first-order valence-electron chi connectivity index (χ1n) is 43.0. The number of phosphoric ester groups is 2. The average molecular weight is 1490 g/mol. The van der Waals surface area contributed by atoms with Crippen LogP contribution in [0.1, 0.15) is 440 Å². The zero-order chi connectivity index (χ0) is 74.9. The van der Waals surface area contributed by atoms with Crippen molar-refractivity contribution in [1.29, 1.82) is 0 Å². The van der Waals surface area contributed by atoms with Crippen LogP contribution in [0.25, 0.3) is 0 Å². The first-order valence-corrected chi connectivity index (χ1v) is 46.0. The van der Waals surface area contributed by atoms with Crippen molar-refractivity contribution in [2.24, 2.45) is 11.8 Å². The maximum atomic E-state index is 13.1. The van der Waals surface area contributed by atoms with Gasteiger partial charge in [0.25, 0.3) is 0 Å². The van der Waals surface area contributed by atoms with E-state index < -0.39 is 97.5 Å². The number of carbonyl (C=O) groups is 4. The molecular weight excluding hydrogens is 1330 g/mol. The third-order valence-electron chi connectivity index (χ3n) is 19.5. The normalized spacial score (nSPS) is 13.9. The van der Waals surface area contributed by atoms with Gasteiger partial charge in [-0.3, -0.25) is 37.3 Å². The van der Waals surface area contributed by atoms with E-state index in [9.17, 15) is 43.2 Å². The fourth-order valence-corrected chi connectivity index (χ4v) is 14.5. The number of esters is 4. The number of unbranched alkanes of at least 4 members (excludes halogenated alkanes) is 52. The van der Waals surface area contributed by atoms with Crippen LogP contribution in [0.3, 0.4) is 0 Å². The number of hydrogen-bond donors (Lipinski definition) is 3. The second kappa shape index (κ2) is 74.5. The molecule has 2 unspecified atom stereocenters. The molecule has 17 nitrogen and oxygen atoms in total. The van der Waals surface area contributed by atoms with Gasteiger partial charge in [0.1, 0.15) is 19.3 Å². The molecule has 5 atom stereocenters. The molecule has 0 rings (SSSR count). The van der Waals surface area contributed by atoms with Crippen molar-refractivity contribution in [3.63, 3.8) is 0 Å². The minimum Gasteiger partial charge on any atom is -0.462 e. The summed E-state index contributed by atoms with van der Waals surface area (Å²) in [6.07, 6.45) is 65.0. The lowest BCUT2D eigenvalue weighted by molar-refractivity contribution is -0.161. The van der Waals surface area contributed by atoms with Crippen molar-refractivity contribution < 1.29 is 80.2 Å². The zero-order valence-electron chi connectivity index (χ0n) is 66.9. The molecule has 0 aromatic rings. The van der Waals surface area contributed by atoms with Crippen LogP contribution in [0.4, 0.5) is 0 Å². The summed E-state index contributed by atoms with van der Waals surface area (Å²) in [5.41, 5.74) is 0. The van der Waals surface area contributed by atoms with Crippen LogP contribution in [0.5, 0.6) is 0 Å². The van der Waals surface area contributed by atoms with Gasteiger partial charge < -0.3 is 33.8 Å². The number of phosphoric acid groups is 2. The lowest BCUT2D eigenvalue weighted by atomic mass is 10.0. The smallest absolute Gasteiger partial charge is 0.462 e. The van der Waals surface area contributed by atoms with Gasteiger partial charge in [0.05, 0.1) is 26.4 Å². The fraction of sp³-hybridized carbons (Fsp3) is 0.952. The molecule has 0 aliphatic heterocycles. The molecule has 0 spiro atoms. The topological polar surface area (TPSA) is 237 Å². The van der Waals surface area contributed by atoms with Crippen molar-refractivity contribution in [3.05, 3.63) is 0 Å². The van der Waals surface area contributed by atoms with Crippen LogP contribution in [0, 0.1) is 11.8 Å². The Hall–Kier alpha value is -1.94. The van der Waals surface area contributed by atoms with Crippen LogP contribution in [0.15, 0.2) is 0 Å². The Morgan fingerprint density at radius 3 is 0.667 bits per heavy atom. The summed E-state index contributed by atoms with van der Waals surface area (Å²) in [7, 11) is -9.92. The molecule has 0 saturated heterocycles. The summed E-state index contributed by atoms with van der Waals surface area (Å²) in [6, 6.07) is 0. The Morgan fingerprint density at radius 2 is 0.451 bits per heavy atom. The minimum atomic E-state index is -4.96. The highest BCUT2D eigenvalue weighted by atomic mass is 31.2. The highest BCUT2D eigenvalue weighted by molar-refractivity contribution is 7.47. The molecule has 0 aliphatic rings. The van der Waals surface area contributed by atoms with Gasteiger partial charge in [-0.25, -0.2) is 9.13 Å². The van der Waals surface area contributed by atoms with E-state index in [0.29, 0.717) is 25.7 Å². The van der Waals surface area contributed by atoms with Gasteiger partial charge in [-0.1, -0.05) is 388 Å². The molecule has 0 fully saturated rings. The van der Waals surface area contributed by atoms with Gasteiger partial charge in [0, 0.05) is 25.7 Å². The van der Waals surface area contributed by atoms with Crippen molar-refractivity contribution in [3.8, 4) is 0 Å². The van der Waals surface area contributed by atoms with E-state index in [-0.39, 0.29) is 25.7 Å². The number of aliphatic hydroxyl groups excluding tert-OH is 1. The molecule has 19 heteroatoms. The summed E-state index contributed by atoms with van der Waals surface area (Å²) in [4.78, 5) is 73.2. The van der Waals surface area contributed by atoms with Gasteiger partial charge in [-0.15, -0.1) is 0 Å². The molecule has 0 aliphatic carbocycles. The third-order valence-corrected chi connectivity index (χ3v) is 21.4. The lowest BCUT2D eigenvalue weighted by Crippen LogP contribution is -2.30. The van der Waals surface area contributed by atoms with E-state index >= 15 is 0 Å². The van der Waals surface area contributed by atoms with Crippen LogP contribution in [-0.2, 0) is 65.4 Å². The molecule has 0 aromatic heterocycles. The summed E-state index contributed by atoms with van der Waals surface area (Å²) in [5.74, 6) is -0.521. The molecule has 0 bridgehead atoms. The average Bonchev–Trinajstić information content (AvgIpc) is 0.969. The summed E-state index contributed by atoms with van der Waals surface area (Å²) >= 11 is 0. The summed E-state index contributed by atoms with van der Waals surface area (Å²) in [6.45, 7) is 9.70. The highest BCUT2D eigenvalue weighted by Gasteiger charge is 2.30. The monoisotopic (exact) mass is 1490 g/mol. The third kappa shape index (κ3) is 76.3. The van der Waals surface area contributed by atoms with E-state index in [0.717, 1.165) is 102 Å². The number of rotatable bonds is 82. The number of carbonyl (C=O) groups excluding carboxylic acids is 4. The van der Waals surface area contributed by atoms with Gasteiger partial charge in [0.15, 0.2) is 12.2 Å². The maximum Gasteiger partial charge on any atom is 0.472 e. The first-order chi connectivity index (χ1) is 49.4. The quantitative estimate of drug-likeness (QED) is 0.0222. The molecule has 0 saturated carbocycles. The van der Waals surface area contributed by atoms with E-state index in [1.807, 2.05) is 0 Å². The Kier molecular flexibility index (Phi) is 73.1. The first kappa shape index (κ1) is 100. The van der Waals surface area contributed by atoms with Crippen LogP contribution >= 0.6 is 15.6 Å². The minimum absolute atomic E-state index is 0.108. The van der Waals surface area contributed by atoms with E-state index in [2.05, 4.69) is 41.5 Å². The van der Waals surface area contributed by atoms with Gasteiger partial charge >= 0.3 is 39.5 Å². The van der Waals surface area contributed by atoms with Crippen LogP contribution < -0.4 is 0 Å². The SMILES string of the molecule is CCCCCCCCCCCCCCCCCCCC(=O)OC[C@H](COP(=O)(O)OC[C@@H](O)COP(=O)(O)OC[C@@H](COC(=O)CCCCCCCCCCCCCC)OC(=O)CCCCCCCCCCCCCCCC(C)C)OC(=O)CCCCCCCCCCCCCCCCC(C)C. The number of hydrogen-bond acceptors (Lipinski definition) is 15. The molecule has 0 heterocycles. The van der Waals surface area contributed by atoms with Gasteiger partial charge in [-0.05, 0) is 37.5 Å². The molecule has 0 aromatic carbocycles. The Bertz CT molecular complexity index is 1960. The van der Waals surface area contributed by atoms with Crippen molar-refractivity contribution in [1.82, 2.24) is 0 Å². The second-order valence-corrected chi connectivity index (χ2v) is 33.7. The zero-order valence-corrected chi connectivity index (χ0v) is 68.7. The largest absolute Gasteiger partial charge is 0.472 e. The standard InChI is InChI=1S/C83H162O17P2/c1-7-9-11-13-15-17-19-21-22-23-24-30-36-42-48-54-60-66-81(86)94-72-79(99-82(87)67-61-55-49-43-37-31-26-25-28-33-39-45-51-57-63-75(3)4)74-98-102(91,92)96-70-77(84)69-95-101(89,90)97-73-78(71-93-80(85)65-59-53-47-41-35-20-18-16-14-12-10-8-2)100-83(88)68-62-56-50-44-38-32-27-29-34-40-46-52-58-64-76(5)6/h75-79,84H,7-74H2,1-6H3,(H,89,90)(H,91,92)/t77-,78+,79+/m0/s1. The molecule has 0 radical (unpaired) electrons. The predicted octanol–water partition coefficient (Wildman–Crippen LogP) is 25.1. The van der Waals surface area contributed by atoms with Crippen LogP contribution in [-0.4, -0.2) is 96.7 Å². The lowest BCUT2D eigenvalue weighted by Gasteiger charge is -2.21. The predicted molar refractivity (Wildman–Crippen MR) is 418 cm³/mol. The van der Waals surface area contributed by atoms with Crippen LogP contribution in [0.2, 0.25) is 0 Å². The molecule has 606 valence electrons. The summed E-state index contributed by atoms with van der Waals surface area (Å²) in [5, 5.41) is 10.7. The Balaban J connectivity index is 5.26. The van der Waals surface area contributed by atoms with E-state index in [1.165, 1.54) is 257 Å². The fourth-order valence-electron chi connectivity index (χ4n) is 12.9. The van der Waals surface area contributed by atoms with Crippen molar-refractivity contribution in [2.45, 2.75) is 458 Å². The molecular formula is C83H162O17P2. The Labute approximate surface area is 626 Å². The Morgan fingerprint density at radius 1 is 0.265 bits per heavy atom. The van der Waals surface area contributed by atoms with Crippen molar-refractivity contribution in [2.75, 3.05) is 39.6 Å². The highest BCUT2D eigenvalue weighted by Crippen LogP contribution is 2.45. The van der Waals surface area contributed by atoms with Crippen molar-refractivity contribution >= 4 is 39.5 Å². The summed E-state index contributed by atoms with van der Waals surface area (Å²) < 4.78 is 68.8. The van der Waals surface area contributed by atoms with Gasteiger partial charge in [0.2, 0.25) is 0 Å². The second-order valence-electron chi connectivity index (χ2n) is 30.8. The molecule has 102 heavy (non-hydrogen) atoms. The molecule has 3 N–H and O–H groups in total. The van der Waals surface area contributed by atoms with Gasteiger partial charge in [-0.2, -0.15) is 0 Å². The van der Waals surface area contributed by atoms with E-state index in [1.54, 1.807) is 0 Å². The van der Waals surface area contributed by atoms with E-state index in [4.69, 9.17) is 37.0 Å². The molecule has 0 amide bonds. The number of aliphatic hydroxyl groups is 1. The number of ether oxygens (including phenoxy) is 4. The maximum absolute atomic E-state index is 13.1.